The van der Waals surface area contributed by atoms with E-state index in [1.165, 1.54) is 0 Å². The van der Waals surface area contributed by atoms with E-state index in [9.17, 15) is 8.78 Å². The second-order valence-corrected chi connectivity index (χ2v) is 5.00. The van der Waals surface area contributed by atoms with Crippen LogP contribution in [0.4, 0.5) is 8.78 Å². The number of nitrogens with one attached hydrogen (secondary N) is 1. The Balaban J connectivity index is 3.10. The van der Waals surface area contributed by atoms with E-state index in [2.05, 4.69) is 10.1 Å². The number of ether oxygens (including phenoxy) is 1. The maximum atomic E-state index is 12.3. The van der Waals surface area contributed by atoms with Gasteiger partial charge >= 0.3 is 6.61 Å². The third-order valence-corrected chi connectivity index (χ3v) is 2.60. The number of para-hydroxylation sites is 1. The average Bonchev–Trinajstić information content (AvgIpc) is 2.18. The predicted molar refractivity (Wildman–Crippen MR) is 64.3 cm³/mol. The molecule has 1 rings (SSSR count). The van der Waals surface area contributed by atoms with Gasteiger partial charge in [-0.3, -0.25) is 0 Å². The summed E-state index contributed by atoms with van der Waals surface area (Å²) in [6.45, 7) is 3.35. The summed E-state index contributed by atoms with van der Waals surface area (Å²) in [7, 11) is 1.81. The van der Waals surface area contributed by atoms with Crippen LogP contribution in [0, 0.1) is 5.41 Å². The van der Waals surface area contributed by atoms with Crippen molar-refractivity contribution in [2.75, 3.05) is 7.05 Å². The lowest BCUT2D eigenvalue weighted by Crippen LogP contribution is -2.30. The van der Waals surface area contributed by atoms with Crippen LogP contribution >= 0.6 is 0 Å². The van der Waals surface area contributed by atoms with Crippen LogP contribution in [0.2, 0.25) is 0 Å². The van der Waals surface area contributed by atoms with E-state index in [0.29, 0.717) is 0 Å². The Morgan fingerprint density at radius 3 is 2.24 bits per heavy atom. The Morgan fingerprint density at radius 1 is 1.18 bits per heavy atom. The van der Waals surface area contributed by atoms with Gasteiger partial charge in [0.05, 0.1) is 0 Å². The van der Waals surface area contributed by atoms with Gasteiger partial charge < -0.3 is 10.1 Å². The van der Waals surface area contributed by atoms with Crippen LogP contribution in [0.25, 0.3) is 0 Å². The van der Waals surface area contributed by atoms with Gasteiger partial charge in [0.15, 0.2) is 0 Å². The molecule has 1 atom stereocenters. The molecule has 2 nitrogen and oxygen atoms in total. The summed E-state index contributed by atoms with van der Waals surface area (Å²) in [4.78, 5) is 0. The van der Waals surface area contributed by atoms with E-state index in [4.69, 9.17) is 0 Å². The first-order valence-corrected chi connectivity index (χ1v) is 5.57. The Labute approximate surface area is 101 Å². The lowest BCUT2D eigenvalue weighted by atomic mass is 9.82. The Morgan fingerprint density at radius 2 is 1.76 bits per heavy atom. The summed E-state index contributed by atoms with van der Waals surface area (Å²) in [5.74, 6) is 0.233. The normalized spacial score (nSPS) is 13.8. The fourth-order valence-electron chi connectivity index (χ4n) is 1.98. The lowest BCUT2D eigenvalue weighted by molar-refractivity contribution is -0.0510. The van der Waals surface area contributed by atoms with Gasteiger partial charge in [0.2, 0.25) is 0 Å². The number of hydrogen-bond acceptors (Lipinski definition) is 2. The molecular formula is C13H19F2NO. The van der Waals surface area contributed by atoms with E-state index >= 15 is 0 Å². The van der Waals surface area contributed by atoms with Crippen molar-refractivity contribution in [1.82, 2.24) is 5.32 Å². The molecule has 4 heteroatoms. The van der Waals surface area contributed by atoms with Crippen molar-refractivity contribution in [1.29, 1.82) is 0 Å². The molecule has 1 aromatic carbocycles. The zero-order chi connectivity index (χ0) is 13.1. The molecule has 0 fully saturated rings. The molecule has 0 radical (unpaired) electrons. The smallest absolute Gasteiger partial charge is 0.387 e. The lowest BCUT2D eigenvalue weighted by Gasteiger charge is -2.31. The fraction of sp³-hybridized carbons (Fsp3) is 0.538. The van der Waals surface area contributed by atoms with E-state index in [-0.39, 0.29) is 17.2 Å². The van der Waals surface area contributed by atoms with Crippen LogP contribution in [0.1, 0.15) is 32.4 Å². The highest BCUT2D eigenvalue weighted by Crippen LogP contribution is 2.37. The zero-order valence-electron chi connectivity index (χ0n) is 10.6. The largest absolute Gasteiger partial charge is 0.434 e. The van der Waals surface area contributed by atoms with Gasteiger partial charge in [-0.2, -0.15) is 8.78 Å². The Bertz CT molecular complexity index is 361. The average molecular weight is 243 g/mol. The van der Waals surface area contributed by atoms with Gasteiger partial charge in [-0.05, 0) is 18.5 Å². The third-order valence-electron chi connectivity index (χ3n) is 2.60. The molecule has 0 saturated heterocycles. The van der Waals surface area contributed by atoms with Gasteiger partial charge in [0.1, 0.15) is 5.75 Å². The molecule has 0 amide bonds. The first-order valence-electron chi connectivity index (χ1n) is 5.57. The van der Waals surface area contributed by atoms with E-state index in [1.807, 2.05) is 40.0 Å². The van der Waals surface area contributed by atoms with Gasteiger partial charge in [-0.15, -0.1) is 0 Å². The van der Waals surface area contributed by atoms with Crippen molar-refractivity contribution in [2.24, 2.45) is 5.41 Å². The molecule has 1 aromatic rings. The van der Waals surface area contributed by atoms with Gasteiger partial charge in [-0.25, -0.2) is 0 Å². The van der Waals surface area contributed by atoms with E-state index in [0.717, 1.165) is 5.56 Å². The molecule has 0 aliphatic heterocycles. The minimum absolute atomic E-state index is 0.0440. The number of hydrogen-bond donors (Lipinski definition) is 1. The topological polar surface area (TPSA) is 21.3 Å². The van der Waals surface area contributed by atoms with Gasteiger partial charge in [0, 0.05) is 11.6 Å². The number of alkyl halides is 2. The summed E-state index contributed by atoms with van der Waals surface area (Å²) < 4.78 is 29.2. The minimum atomic E-state index is -2.80. The van der Waals surface area contributed by atoms with Crippen molar-refractivity contribution in [2.45, 2.75) is 33.4 Å². The molecule has 0 aliphatic carbocycles. The summed E-state index contributed by atoms with van der Waals surface area (Å²) in [5, 5.41) is 3.15. The van der Waals surface area contributed by atoms with Crippen LogP contribution in [0.15, 0.2) is 24.3 Å². The van der Waals surface area contributed by atoms with E-state index < -0.39 is 6.61 Å². The van der Waals surface area contributed by atoms with Crippen LogP contribution in [0.3, 0.4) is 0 Å². The number of rotatable bonds is 4. The second kappa shape index (κ2) is 5.45. The van der Waals surface area contributed by atoms with Crippen LogP contribution < -0.4 is 10.1 Å². The summed E-state index contributed by atoms with van der Waals surface area (Å²) in [5.41, 5.74) is 0.666. The van der Waals surface area contributed by atoms with Crippen molar-refractivity contribution in [3.8, 4) is 5.75 Å². The van der Waals surface area contributed by atoms with Gasteiger partial charge in [-0.1, -0.05) is 39.0 Å². The van der Waals surface area contributed by atoms with Crippen LogP contribution in [-0.4, -0.2) is 13.7 Å². The Kier molecular flexibility index (Phi) is 4.46. The number of benzene rings is 1. The first kappa shape index (κ1) is 13.9. The number of halogens is 2. The standard InChI is InChI=1S/C13H19F2NO/c1-13(2,3)11(16-4)9-7-5-6-8-10(9)17-12(14)15/h5-8,11-12,16H,1-4H3. The molecule has 0 aliphatic rings. The SMILES string of the molecule is CNC(c1ccccc1OC(F)F)C(C)(C)C. The molecule has 96 valence electrons. The second-order valence-electron chi connectivity index (χ2n) is 5.00. The van der Waals surface area contributed by atoms with Crippen LogP contribution in [0.5, 0.6) is 5.75 Å². The van der Waals surface area contributed by atoms with Crippen LogP contribution in [-0.2, 0) is 0 Å². The van der Waals surface area contributed by atoms with Crippen molar-refractivity contribution >= 4 is 0 Å². The molecule has 0 aromatic heterocycles. The maximum Gasteiger partial charge on any atom is 0.387 e. The molecule has 0 spiro atoms. The van der Waals surface area contributed by atoms with Gasteiger partial charge in [0.25, 0.3) is 0 Å². The molecule has 1 unspecified atom stereocenters. The first-order chi connectivity index (χ1) is 7.86. The van der Waals surface area contributed by atoms with Crippen molar-refractivity contribution in [3.63, 3.8) is 0 Å². The third kappa shape index (κ3) is 3.66. The fourth-order valence-corrected chi connectivity index (χ4v) is 1.98. The molecule has 17 heavy (non-hydrogen) atoms. The summed E-state index contributed by atoms with van der Waals surface area (Å²) in [6.07, 6.45) is 0. The van der Waals surface area contributed by atoms with Crippen molar-refractivity contribution < 1.29 is 13.5 Å². The highest BCUT2D eigenvalue weighted by Gasteiger charge is 2.27. The molecule has 1 N–H and O–H groups in total. The molecular weight excluding hydrogens is 224 g/mol. The quantitative estimate of drug-likeness (QED) is 0.872. The highest BCUT2D eigenvalue weighted by atomic mass is 19.3. The highest BCUT2D eigenvalue weighted by molar-refractivity contribution is 5.36. The monoisotopic (exact) mass is 243 g/mol. The molecule has 0 heterocycles. The maximum absolute atomic E-state index is 12.3. The summed E-state index contributed by atoms with van der Waals surface area (Å²) >= 11 is 0. The predicted octanol–water partition coefficient (Wildman–Crippen LogP) is 3.59. The summed E-state index contributed by atoms with van der Waals surface area (Å²) in [6, 6.07) is 6.85. The van der Waals surface area contributed by atoms with Crippen molar-refractivity contribution in [3.05, 3.63) is 29.8 Å². The zero-order valence-corrected chi connectivity index (χ0v) is 10.6. The molecule has 0 saturated carbocycles. The molecule has 0 bridgehead atoms. The minimum Gasteiger partial charge on any atom is -0.434 e. The Hall–Kier alpha value is -1.16. The van der Waals surface area contributed by atoms with E-state index in [1.54, 1.807) is 12.1 Å².